The molecule has 1 rings (SSSR count). The van der Waals surface area contributed by atoms with Gasteiger partial charge in [-0.05, 0) is 39.0 Å². The Morgan fingerprint density at radius 1 is 1.25 bits per heavy atom. The summed E-state index contributed by atoms with van der Waals surface area (Å²) >= 11 is -0.187. The number of carbonyl (C=O) groups excluding carboxylic acids is 2. The zero-order valence-electron chi connectivity index (χ0n) is 11.9. The second-order valence-corrected chi connectivity index (χ2v) is 6.61. The molecule has 0 aromatic heterocycles. The fourth-order valence-electron chi connectivity index (χ4n) is 2.00. The first kappa shape index (κ1) is 17.1. The molecule has 4 nitrogen and oxygen atoms in total. The minimum absolute atomic E-state index is 0.112. The standard InChI is InChI=1S/C12H19F3N2O2S/c1-5-11(4)9(19)17(6-7-20-12(13,14)15)10(2,3)8(18)16-11/h5-7H2,1-4H3,(H,16,18). The lowest BCUT2D eigenvalue weighted by atomic mass is 9.87. The van der Waals surface area contributed by atoms with Gasteiger partial charge in [-0.1, -0.05) is 6.92 Å². The van der Waals surface area contributed by atoms with E-state index in [2.05, 4.69) is 5.32 Å². The van der Waals surface area contributed by atoms with Gasteiger partial charge >= 0.3 is 5.51 Å². The molecule has 1 aliphatic heterocycles. The molecule has 0 aliphatic carbocycles. The van der Waals surface area contributed by atoms with Crippen LogP contribution in [0.25, 0.3) is 0 Å². The molecule has 1 N–H and O–H groups in total. The van der Waals surface area contributed by atoms with Gasteiger partial charge in [-0.3, -0.25) is 9.59 Å². The van der Waals surface area contributed by atoms with Crippen molar-refractivity contribution in [2.75, 3.05) is 12.3 Å². The van der Waals surface area contributed by atoms with Crippen LogP contribution in [-0.2, 0) is 9.59 Å². The van der Waals surface area contributed by atoms with E-state index in [0.29, 0.717) is 6.42 Å². The van der Waals surface area contributed by atoms with Gasteiger partial charge in [-0.15, -0.1) is 0 Å². The number of carbonyl (C=O) groups is 2. The zero-order valence-corrected chi connectivity index (χ0v) is 12.7. The summed E-state index contributed by atoms with van der Waals surface area (Å²) in [6, 6.07) is 0. The molecule has 0 spiro atoms. The number of alkyl halides is 3. The Hall–Kier alpha value is -0.920. The number of thioether (sulfide) groups is 1. The molecule has 116 valence electrons. The molecular weight excluding hydrogens is 293 g/mol. The fraction of sp³-hybridized carbons (Fsp3) is 0.833. The Morgan fingerprint density at radius 2 is 1.80 bits per heavy atom. The number of hydrogen-bond acceptors (Lipinski definition) is 3. The number of rotatable bonds is 4. The van der Waals surface area contributed by atoms with Crippen LogP contribution >= 0.6 is 11.8 Å². The molecule has 0 bridgehead atoms. The highest BCUT2D eigenvalue weighted by molar-refractivity contribution is 8.00. The van der Waals surface area contributed by atoms with E-state index in [9.17, 15) is 22.8 Å². The molecule has 8 heteroatoms. The van der Waals surface area contributed by atoms with Crippen LogP contribution < -0.4 is 5.32 Å². The van der Waals surface area contributed by atoms with Crippen molar-refractivity contribution in [2.45, 2.75) is 50.7 Å². The van der Waals surface area contributed by atoms with Crippen LogP contribution in [0.2, 0.25) is 0 Å². The van der Waals surface area contributed by atoms with Gasteiger partial charge in [0.05, 0.1) is 0 Å². The second kappa shape index (κ2) is 5.46. The Balaban J connectivity index is 2.88. The molecular formula is C12H19F3N2O2S. The third-order valence-corrected chi connectivity index (χ3v) is 4.34. The highest BCUT2D eigenvalue weighted by Gasteiger charge is 2.51. The molecule has 1 unspecified atom stereocenters. The first-order chi connectivity index (χ1) is 8.94. The van der Waals surface area contributed by atoms with E-state index in [1.807, 2.05) is 0 Å². The minimum atomic E-state index is -4.33. The SMILES string of the molecule is CCC1(C)NC(=O)C(C)(C)N(CCSC(F)(F)F)C1=O. The predicted octanol–water partition coefficient (Wildman–Crippen LogP) is 2.15. The maximum Gasteiger partial charge on any atom is 0.441 e. The van der Waals surface area contributed by atoms with Gasteiger partial charge in [0.1, 0.15) is 11.1 Å². The van der Waals surface area contributed by atoms with E-state index in [-0.39, 0.29) is 35.9 Å². The van der Waals surface area contributed by atoms with Gasteiger partial charge in [0.15, 0.2) is 0 Å². The van der Waals surface area contributed by atoms with E-state index in [1.54, 1.807) is 13.8 Å². The van der Waals surface area contributed by atoms with Crippen LogP contribution in [0.3, 0.4) is 0 Å². The summed E-state index contributed by atoms with van der Waals surface area (Å²) in [7, 11) is 0. The van der Waals surface area contributed by atoms with E-state index in [4.69, 9.17) is 0 Å². The number of nitrogens with zero attached hydrogens (tertiary/aromatic N) is 1. The molecule has 20 heavy (non-hydrogen) atoms. The lowest BCUT2D eigenvalue weighted by molar-refractivity contribution is -0.160. The summed E-state index contributed by atoms with van der Waals surface area (Å²) in [5.41, 5.74) is -6.52. The Labute approximate surface area is 120 Å². The largest absolute Gasteiger partial charge is 0.441 e. The van der Waals surface area contributed by atoms with Crippen molar-refractivity contribution < 1.29 is 22.8 Å². The zero-order chi connectivity index (χ0) is 15.8. The lowest BCUT2D eigenvalue weighted by Crippen LogP contribution is -2.73. The van der Waals surface area contributed by atoms with Crippen molar-refractivity contribution in [1.29, 1.82) is 0 Å². The van der Waals surface area contributed by atoms with Crippen molar-refractivity contribution in [3.8, 4) is 0 Å². The molecule has 1 aliphatic rings. The summed E-state index contributed by atoms with van der Waals surface area (Å²) in [5.74, 6) is -0.975. The quantitative estimate of drug-likeness (QED) is 0.865. The smallest absolute Gasteiger partial charge is 0.340 e. The number of piperazine rings is 1. The van der Waals surface area contributed by atoms with E-state index >= 15 is 0 Å². The number of nitrogens with one attached hydrogen (secondary N) is 1. The van der Waals surface area contributed by atoms with Crippen molar-refractivity contribution in [3.05, 3.63) is 0 Å². The molecule has 2 amide bonds. The third-order valence-electron chi connectivity index (χ3n) is 3.62. The predicted molar refractivity (Wildman–Crippen MR) is 71.1 cm³/mol. The van der Waals surface area contributed by atoms with E-state index < -0.39 is 16.6 Å². The summed E-state index contributed by atoms with van der Waals surface area (Å²) < 4.78 is 36.5. The maximum atomic E-state index is 12.4. The van der Waals surface area contributed by atoms with Gasteiger partial charge < -0.3 is 10.2 Å². The van der Waals surface area contributed by atoms with Crippen LogP contribution in [0.5, 0.6) is 0 Å². The molecule has 0 aromatic rings. The van der Waals surface area contributed by atoms with Crippen molar-refractivity contribution in [2.24, 2.45) is 0 Å². The fourth-order valence-corrected chi connectivity index (χ4v) is 2.51. The second-order valence-electron chi connectivity index (χ2n) is 5.45. The summed E-state index contributed by atoms with van der Waals surface area (Å²) in [6.45, 7) is 6.30. The van der Waals surface area contributed by atoms with E-state index in [1.165, 1.54) is 18.7 Å². The summed E-state index contributed by atoms with van der Waals surface area (Å²) in [5, 5.41) is 2.66. The van der Waals surface area contributed by atoms with Crippen molar-refractivity contribution in [1.82, 2.24) is 10.2 Å². The van der Waals surface area contributed by atoms with Crippen LogP contribution in [0.1, 0.15) is 34.1 Å². The number of halogens is 3. The normalized spacial score (nSPS) is 26.6. The van der Waals surface area contributed by atoms with Crippen molar-refractivity contribution >= 4 is 23.6 Å². The average molecular weight is 312 g/mol. The summed E-state index contributed by atoms with van der Waals surface area (Å²) in [6.07, 6.45) is 0.385. The van der Waals surface area contributed by atoms with Crippen LogP contribution in [0.4, 0.5) is 13.2 Å². The van der Waals surface area contributed by atoms with E-state index in [0.717, 1.165) is 0 Å². The maximum absolute atomic E-state index is 12.4. The lowest BCUT2D eigenvalue weighted by Gasteiger charge is -2.48. The van der Waals surface area contributed by atoms with Gasteiger partial charge in [-0.2, -0.15) is 13.2 Å². The first-order valence-corrected chi connectivity index (χ1v) is 7.28. The number of hydrogen-bond donors (Lipinski definition) is 1. The Bertz CT molecular complexity index is 412. The van der Waals surface area contributed by atoms with Crippen molar-refractivity contribution in [3.63, 3.8) is 0 Å². The molecule has 1 heterocycles. The van der Waals surface area contributed by atoms with Gasteiger partial charge in [0.2, 0.25) is 11.8 Å². The molecule has 0 aromatic carbocycles. The third kappa shape index (κ3) is 3.39. The van der Waals surface area contributed by atoms with Crippen LogP contribution in [0, 0.1) is 0 Å². The average Bonchev–Trinajstić information content (AvgIpc) is 2.30. The first-order valence-electron chi connectivity index (χ1n) is 6.29. The highest BCUT2D eigenvalue weighted by atomic mass is 32.2. The molecule has 1 atom stereocenters. The minimum Gasteiger partial charge on any atom is -0.340 e. The molecule has 1 saturated heterocycles. The Morgan fingerprint density at radius 3 is 2.25 bits per heavy atom. The topological polar surface area (TPSA) is 49.4 Å². The molecule has 1 fully saturated rings. The molecule has 0 saturated carbocycles. The number of amides is 2. The van der Waals surface area contributed by atoms with Gasteiger partial charge in [0.25, 0.3) is 0 Å². The highest BCUT2D eigenvalue weighted by Crippen LogP contribution is 2.32. The Kier molecular flexibility index (Phi) is 4.68. The molecule has 0 radical (unpaired) electrons. The summed E-state index contributed by atoms with van der Waals surface area (Å²) in [4.78, 5) is 25.7. The monoisotopic (exact) mass is 312 g/mol. The van der Waals surface area contributed by atoms with Gasteiger partial charge in [0, 0.05) is 12.3 Å². The van der Waals surface area contributed by atoms with Crippen LogP contribution in [-0.4, -0.2) is 45.6 Å². The van der Waals surface area contributed by atoms with Crippen LogP contribution in [0.15, 0.2) is 0 Å². The van der Waals surface area contributed by atoms with Gasteiger partial charge in [-0.25, -0.2) is 0 Å².